The molecule has 3 aromatic heterocycles. The first-order valence-electron chi connectivity index (χ1n) is 10.1. The van der Waals surface area contributed by atoms with E-state index in [0.717, 1.165) is 16.7 Å². The van der Waals surface area contributed by atoms with E-state index in [0.29, 0.717) is 23.0 Å². The van der Waals surface area contributed by atoms with E-state index < -0.39 is 0 Å². The summed E-state index contributed by atoms with van der Waals surface area (Å²) in [5, 5.41) is 8.35. The standard InChI is InChI=1S/C23H24N6O2.2H2/c1-13(2)29-12-18(9-10-20(29)30)19-11-25-15(4)21(26-19)23-28-27-22(31-23)17-7-5-16(6-8-17)14(3)24;;/h5-14H,24H2,1-4H3;2*1H/t14-;;/m0../s1. The molecule has 31 heavy (non-hydrogen) atoms. The van der Waals surface area contributed by atoms with Crippen molar-refractivity contribution < 1.29 is 7.27 Å². The maximum atomic E-state index is 12.1. The minimum absolute atomic E-state index is 0. The highest BCUT2D eigenvalue weighted by Crippen LogP contribution is 2.27. The van der Waals surface area contributed by atoms with Gasteiger partial charge < -0.3 is 14.7 Å². The summed E-state index contributed by atoms with van der Waals surface area (Å²) in [7, 11) is 0. The zero-order chi connectivity index (χ0) is 22.1. The van der Waals surface area contributed by atoms with Crippen molar-refractivity contribution in [2.24, 2.45) is 5.73 Å². The maximum Gasteiger partial charge on any atom is 0.268 e. The maximum absolute atomic E-state index is 12.1. The van der Waals surface area contributed by atoms with Gasteiger partial charge in [0.25, 0.3) is 11.4 Å². The van der Waals surface area contributed by atoms with Gasteiger partial charge in [0.05, 0.1) is 17.6 Å². The molecule has 0 spiro atoms. The molecule has 0 radical (unpaired) electrons. The van der Waals surface area contributed by atoms with Crippen molar-refractivity contribution in [3.63, 3.8) is 0 Å². The first-order valence-corrected chi connectivity index (χ1v) is 10.1. The van der Waals surface area contributed by atoms with Crippen LogP contribution in [0.1, 0.15) is 47.0 Å². The summed E-state index contributed by atoms with van der Waals surface area (Å²) < 4.78 is 7.56. The second-order valence-corrected chi connectivity index (χ2v) is 7.77. The van der Waals surface area contributed by atoms with Gasteiger partial charge in [-0.25, -0.2) is 4.98 Å². The van der Waals surface area contributed by atoms with E-state index in [9.17, 15) is 4.79 Å². The Morgan fingerprint density at radius 2 is 1.68 bits per heavy atom. The fourth-order valence-electron chi connectivity index (χ4n) is 3.21. The van der Waals surface area contributed by atoms with Crippen molar-refractivity contribution in [2.75, 3.05) is 0 Å². The predicted molar refractivity (Wildman–Crippen MR) is 122 cm³/mol. The summed E-state index contributed by atoms with van der Waals surface area (Å²) >= 11 is 0. The van der Waals surface area contributed by atoms with Crippen molar-refractivity contribution in [1.82, 2.24) is 24.7 Å². The topological polar surface area (TPSA) is 113 Å². The van der Waals surface area contributed by atoms with Crippen LogP contribution >= 0.6 is 0 Å². The third-order valence-corrected chi connectivity index (χ3v) is 5.06. The number of nitrogens with zero attached hydrogens (tertiary/aromatic N) is 5. The van der Waals surface area contributed by atoms with Crippen molar-refractivity contribution in [3.05, 3.63) is 70.4 Å². The molecule has 3 heterocycles. The number of aromatic nitrogens is 5. The summed E-state index contributed by atoms with van der Waals surface area (Å²) in [6.45, 7) is 7.68. The lowest BCUT2D eigenvalue weighted by Gasteiger charge is -2.11. The molecule has 0 bridgehead atoms. The van der Waals surface area contributed by atoms with Crippen molar-refractivity contribution in [1.29, 1.82) is 0 Å². The fraction of sp³-hybridized carbons (Fsp3) is 0.261. The zero-order valence-electron chi connectivity index (χ0n) is 17.9. The van der Waals surface area contributed by atoms with Gasteiger partial charge in [-0.3, -0.25) is 9.78 Å². The highest BCUT2D eigenvalue weighted by atomic mass is 16.4. The summed E-state index contributed by atoms with van der Waals surface area (Å²) in [6.07, 6.45) is 3.46. The van der Waals surface area contributed by atoms with E-state index in [4.69, 9.17) is 15.1 Å². The average molecular weight is 421 g/mol. The van der Waals surface area contributed by atoms with Crippen LogP contribution in [0.5, 0.6) is 0 Å². The number of nitrogens with two attached hydrogens (primary N) is 1. The number of rotatable bonds is 5. The molecule has 0 aliphatic rings. The van der Waals surface area contributed by atoms with Gasteiger partial charge >= 0.3 is 0 Å². The molecule has 0 aliphatic carbocycles. The van der Waals surface area contributed by atoms with Crippen LogP contribution in [0.3, 0.4) is 0 Å². The lowest BCUT2D eigenvalue weighted by Crippen LogP contribution is -2.20. The quantitative estimate of drug-likeness (QED) is 0.508. The van der Waals surface area contributed by atoms with E-state index in [1.54, 1.807) is 23.0 Å². The Kier molecular flexibility index (Phi) is 5.48. The summed E-state index contributed by atoms with van der Waals surface area (Å²) in [4.78, 5) is 21.2. The van der Waals surface area contributed by atoms with Gasteiger partial charge in [-0.05, 0) is 51.5 Å². The largest absolute Gasteiger partial charge is 0.415 e. The monoisotopic (exact) mass is 420 g/mol. The molecule has 162 valence electrons. The van der Waals surface area contributed by atoms with Gasteiger partial charge in [0.15, 0.2) is 0 Å². The average Bonchev–Trinajstić information content (AvgIpc) is 3.24. The minimum atomic E-state index is -0.0596. The summed E-state index contributed by atoms with van der Waals surface area (Å²) in [6, 6.07) is 11.0. The van der Waals surface area contributed by atoms with Crippen LogP contribution < -0.4 is 11.3 Å². The molecule has 0 saturated heterocycles. The van der Waals surface area contributed by atoms with Crippen molar-refractivity contribution in [2.45, 2.75) is 39.8 Å². The molecule has 8 heteroatoms. The molecular weight excluding hydrogens is 392 g/mol. The summed E-state index contributed by atoms with van der Waals surface area (Å²) in [5.41, 5.74) is 10.3. The molecule has 0 saturated carbocycles. The number of hydrogen-bond donors (Lipinski definition) is 1. The first-order chi connectivity index (χ1) is 14.8. The Bertz CT molecular complexity index is 1280. The molecule has 0 unspecified atom stereocenters. The highest BCUT2D eigenvalue weighted by Gasteiger charge is 2.17. The molecule has 0 fully saturated rings. The third kappa shape index (κ3) is 4.15. The molecule has 2 N–H and O–H groups in total. The second-order valence-electron chi connectivity index (χ2n) is 7.77. The zero-order valence-corrected chi connectivity index (χ0v) is 17.9. The van der Waals surface area contributed by atoms with Gasteiger partial charge in [-0.15, -0.1) is 10.2 Å². The minimum Gasteiger partial charge on any atom is -0.415 e. The number of hydrogen-bond acceptors (Lipinski definition) is 7. The van der Waals surface area contributed by atoms with E-state index in [1.165, 1.54) is 6.07 Å². The number of aryl methyl sites for hydroxylation is 1. The van der Waals surface area contributed by atoms with E-state index in [1.807, 2.05) is 52.0 Å². The van der Waals surface area contributed by atoms with Crippen LogP contribution in [0.15, 0.2) is 58.0 Å². The Balaban J connectivity index is 0.00000193. The molecular formula is C23H28N6O2. The van der Waals surface area contributed by atoms with Crippen LogP contribution in [-0.4, -0.2) is 24.7 Å². The first kappa shape index (κ1) is 20.6. The molecule has 8 nitrogen and oxygen atoms in total. The van der Waals surface area contributed by atoms with Gasteiger partial charge in [0.1, 0.15) is 5.69 Å². The summed E-state index contributed by atoms with van der Waals surface area (Å²) in [5.74, 6) is 0.682. The van der Waals surface area contributed by atoms with Crippen molar-refractivity contribution in [3.8, 4) is 34.3 Å². The van der Waals surface area contributed by atoms with Crippen LogP contribution in [0, 0.1) is 6.92 Å². The normalized spacial score (nSPS) is 12.3. The number of benzene rings is 1. The number of pyridine rings is 1. The fourth-order valence-corrected chi connectivity index (χ4v) is 3.21. The Hall–Kier alpha value is -3.65. The third-order valence-electron chi connectivity index (χ3n) is 5.06. The molecule has 1 aromatic carbocycles. The second kappa shape index (κ2) is 8.23. The molecule has 4 aromatic rings. The molecule has 0 aliphatic heterocycles. The lowest BCUT2D eigenvalue weighted by molar-refractivity contribution is 0.578. The van der Waals surface area contributed by atoms with Crippen LogP contribution in [0.4, 0.5) is 0 Å². The molecule has 0 amide bonds. The highest BCUT2D eigenvalue weighted by molar-refractivity contribution is 5.63. The van der Waals surface area contributed by atoms with Crippen molar-refractivity contribution >= 4 is 0 Å². The van der Waals surface area contributed by atoms with E-state index in [-0.39, 0.29) is 26.4 Å². The van der Waals surface area contributed by atoms with Gasteiger partial charge in [0.2, 0.25) is 5.89 Å². The smallest absolute Gasteiger partial charge is 0.268 e. The Morgan fingerprint density at radius 1 is 1.00 bits per heavy atom. The van der Waals surface area contributed by atoms with Gasteiger partial charge in [-0.1, -0.05) is 12.1 Å². The molecule has 4 rings (SSSR count). The SMILES string of the molecule is Cc1ncc(-c2ccc(=O)n(C(C)C)c2)nc1-c1nnc(-c2ccc([C@H](C)N)cc2)o1.[HH].[HH]. The Labute approximate surface area is 182 Å². The predicted octanol–water partition coefficient (Wildman–Crippen LogP) is 4.42. The van der Waals surface area contributed by atoms with E-state index >= 15 is 0 Å². The van der Waals surface area contributed by atoms with Gasteiger partial charge in [-0.2, -0.15) is 0 Å². The molecule has 1 atom stereocenters. The van der Waals surface area contributed by atoms with E-state index in [2.05, 4.69) is 15.2 Å². The van der Waals surface area contributed by atoms with Crippen LogP contribution in [0.2, 0.25) is 0 Å². The lowest BCUT2D eigenvalue weighted by atomic mass is 10.1. The van der Waals surface area contributed by atoms with Crippen LogP contribution in [0.25, 0.3) is 34.3 Å². The Morgan fingerprint density at radius 3 is 2.35 bits per heavy atom. The van der Waals surface area contributed by atoms with Gasteiger partial charge in [0, 0.05) is 38.3 Å². The van der Waals surface area contributed by atoms with Crippen LogP contribution in [-0.2, 0) is 0 Å².